The third-order valence-electron chi connectivity index (χ3n) is 3.61. The number of anilines is 2. The van der Waals surface area contributed by atoms with Crippen LogP contribution in [0.1, 0.15) is 20.8 Å². The number of carbonyl (C=O) groups excluding carboxylic acids is 1. The third kappa shape index (κ3) is 6.45. The Morgan fingerprint density at radius 1 is 1.11 bits per heavy atom. The Hall–Kier alpha value is -2.74. The first kappa shape index (κ1) is 21.6. The fraction of sp³-hybridized carbons (Fsp3) is 0.350. The average molecular weight is 407 g/mol. The van der Waals surface area contributed by atoms with E-state index in [4.69, 9.17) is 9.47 Å². The summed E-state index contributed by atoms with van der Waals surface area (Å²) < 4.78 is 36.5. The van der Waals surface area contributed by atoms with E-state index < -0.39 is 15.9 Å². The number of hydrogen-bond donors (Lipinski definition) is 1. The molecule has 1 N–H and O–H groups in total. The molecule has 0 aliphatic rings. The molecule has 8 heteroatoms. The van der Waals surface area contributed by atoms with E-state index in [1.807, 2.05) is 20.8 Å². The predicted molar refractivity (Wildman–Crippen MR) is 111 cm³/mol. The van der Waals surface area contributed by atoms with Crippen LogP contribution in [0.3, 0.4) is 0 Å². The number of nitrogens with one attached hydrogen (secondary N) is 1. The van der Waals surface area contributed by atoms with Crippen LogP contribution in [0.2, 0.25) is 0 Å². The third-order valence-corrected chi connectivity index (χ3v) is 4.75. The second-order valence-corrected chi connectivity index (χ2v) is 8.35. The Balaban J connectivity index is 2.14. The molecule has 0 saturated heterocycles. The maximum Gasteiger partial charge on any atom is 0.245 e. The molecule has 28 heavy (non-hydrogen) atoms. The summed E-state index contributed by atoms with van der Waals surface area (Å²) in [4.78, 5) is 12.4. The Morgan fingerprint density at radius 3 is 2.36 bits per heavy atom. The van der Waals surface area contributed by atoms with Crippen LogP contribution in [-0.2, 0) is 14.8 Å². The zero-order valence-corrected chi connectivity index (χ0v) is 17.3. The lowest BCUT2D eigenvalue weighted by atomic mass is 10.3. The van der Waals surface area contributed by atoms with Gasteiger partial charge in [0.2, 0.25) is 15.9 Å². The summed E-state index contributed by atoms with van der Waals surface area (Å²) >= 11 is 0. The molecule has 2 rings (SSSR count). The summed E-state index contributed by atoms with van der Waals surface area (Å²) in [6.07, 6.45) is 1.07. The van der Waals surface area contributed by atoms with Gasteiger partial charge in [0, 0.05) is 11.8 Å². The number of benzene rings is 2. The van der Waals surface area contributed by atoms with E-state index in [-0.39, 0.29) is 12.6 Å². The van der Waals surface area contributed by atoms with E-state index in [9.17, 15) is 13.2 Å². The van der Waals surface area contributed by atoms with Gasteiger partial charge in [0.05, 0.1) is 24.7 Å². The fourth-order valence-electron chi connectivity index (χ4n) is 2.52. The average Bonchev–Trinajstić information content (AvgIpc) is 2.60. The van der Waals surface area contributed by atoms with Gasteiger partial charge in [-0.25, -0.2) is 8.42 Å². The molecule has 152 valence electrons. The number of ether oxygens (including phenoxy) is 2. The smallest absolute Gasteiger partial charge is 0.245 e. The van der Waals surface area contributed by atoms with Crippen LogP contribution < -0.4 is 19.1 Å². The zero-order valence-electron chi connectivity index (χ0n) is 16.5. The monoisotopic (exact) mass is 406 g/mol. The van der Waals surface area contributed by atoms with Crippen LogP contribution in [0.25, 0.3) is 0 Å². The van der Waals surface area contributed by atoms with Gasteiger partial charge in [-0.05, 0) is 57.2 Å². The van der Waals surface area contributed by atoms with Crippen molar-refractivity contribution in [2.45, 2.75) is 26.9 Å². The number of amides is 1. The lowest BCUT2D eigenvalue weighted by molar-refractivity contribution is -0.114. The molecule has 7 nitrogen and oxygen atoms in total. The second kappa shape index (κ2) is 9.45. The molecule has 0 unspecified atom stereocenters. The largest absolute Gasteiger partial charge is 0.494 e. The molecule has 0 aliphatic heterocycles. The van der Waals surface area contributed by atoms with Gasteiger partial charge in [0.1, 0.15) is 18.0 Å². The summed E-state index contributed by atoms with van der Waals surface area (Å²) in [5.41, 5.74) is 0.918. The van der Waals surface area contributed by atoms with E-state index in [0.717, 1.165) is 10.6 Å². The summed E-state index contributed by atoms with van der Waals surface area (Å²) in [5.74, 6) is 0.798. The summed E-state index contributed by atoms with van der Waals surface area (Å²) in [5, 5.41) is 2.70. The lowest BCUT2D eigenvalue weighted by Crippen LogP contribution is -2.37. The highest BCUT2D eigenvalue weighted by molar-refractivity contribution is 7.92. The number of rotatable bonds is 9. The molecule has 0 heterocycles. The molecule has 0 fully saturated rings. The van der Waals surface area contributed by atoms with Crippen molar-refractivity contribution in [3.05, 3.63) is 48.5 Å². The quantitative estimate of drug-likeness (QED) is 0.691. The summed E-state index contributed by atoms with van der Waals surface area (Å²) in [6, 6.07) is 13.5. The molecular formula is C20H26N2O5S. The van der Waals surface area contributed by atoms with E-state index in [1.165, 1.54) is 0 Å². The van der Waals surface area contributed by atoms with Crippen molar-refractivity contribution >= 4 is 27.3 Å². The van der Waals surface area contributed by atoms with Gasteiger partial charge < -0.3 is 14.8 Å². The highest BCUT2D eigenvalue weighted by Crippen LogP contribution is 2.23. The Morgan fingerprint density at radius 2 is 1.79 bits per heavy atom. The SMILES string of the molecule is CCOc1cccc(NC(=O)CN(c2ccc(OC(C)C)cc2)S(C)(=O)=O)c1. The van der Waals surface area contributed by atoms with Gasteiger partial charge in [0.25, 0.3) is 0 Å². The van der Waals surface area contributed by atoms with Gasteiger partial charge in [-0.15, -0.1) is 0 Å². The Labute approximate surface area is 166 Å². The van der Waals surface area contributed by atoms with Gasteiger partial charge in [-0.3, -0.25) is 9.10 Å². The Kier molecular flexibility index (Phi) is 7.28. The first-order valence-corrected chi connectivity index (χ1v) is 10.8. The van der Waals surface area contributed by atoms with E-state index in [1.54, 1.807) is 48.5 Å². The molecule has 2 aromatic carbocycles. The molecule has 2 aromatic rings. The van der Waals surface area contributed by atoms with Crippen LogP contribution >= 0.6 is 0 Å². The first-order valence-electron chi connectivity index (χ1n) is 8.96. The molecule has 0 saturated carbocycles. The molecule has 1 amide bonds. The van der Waals surface area contributed by atoms with Gasteiger partial charge in [-0.2, -0.15) is 0 Å². The van der Waals surface area contributed by atoms with Crippen molar-refractivity contribution < 1.29 is 22.7 Å². The molecule has 0 radical (unpaired) electrons. The van der Waals surface area contributed by atoms with Crippen LogP contribution in [0.5, 0.6) is 11.5 Å². The van der Waals surface area contributed by atoms with Crippen LogP contribution in [-0.4, -0.2) is 39.8 Å². The summed E-state index contributed by atoms with van der Waals surface area (Å²) in [6.45, 7) is 5.84. The minimum atomic E-state index is -3.65. The Bertz CT molecular complexity index is 895. The molecule has 0 aliphatic carbocycles. The van der Waals surface area contributed by atoms with Crippen LogP contribution in [0, 0.1) is 0 Å². The van der Waals surface area contributed by atoms with E-state index in [0.29, 0.717) is 29.5 Å². The minimum absolute atomic E-state index is 0.00934. The maximum atomic E-state index is 12.4. The second-order valence-electron chi connectivity index (χ2n) is 6.44. The van der Waals surface area contributed by atoms with Crippen molar-refractivity contribution in [3.8, 4) is 11.5 Å². The lowest BCUT2D eigenvalue weighted by Gasteiger charge is -2.22. The molecule has 0 spiro atoms. The molecular weight excluding hydrogens is 380 g/mol. The number of carbonyl (C=O) groups is 1. The zero-order chi connectivity index (χ0) is 20.7. The summed E-state index contributed by atoms with van der Waals surface area (Å²) in [7, 11) is -3.65. The maximum absolute atomic E-state index is 12.4. The normalized spacial score (nSPS) is 11.2. The number of nitrogens with zero attached hydrogens (tertiary/aromatic N) is 1. The van der Waals surface area contributed by atoms with Crippen molar-refractivity contribution in [1.29, 1.82) is 0 Å². The van der Waals surface area contributed by atoms with Gasteiger partial charge >= 0.3 is 0 Å². The van der Waals surface area contributed by atoms with Crippen molar-refractivity contribution in [2.24, 2.45) is 0 Å². The highest BCUT2D eigenvalue weighted by Gasteiger charge is 2.21. The fourth-order valence-corrected chi connectivity index (χ4v) is 3.38. The van der Waals surface area contributed by atoms with Crippen LogP contribution in [0.4, 0.5) is 11.4 Å². The molecule has 0 bridgehead atoms. The number of sulfonamides is 1. The van der Waals surface area contributed by atoms with Gasteiger partial charge in [-0.1, -0.05) is 6.07 Å². The van der Waals surface area contributed by atoms with Gasteiger partial charge in [0.15, 0.2) is 0 Å². The molecule has 0 atom stereocenters. The van der Waals surface area contributed by atoms with Crippen LogP contribution in [0.15, 0.2) is 48.5 Å². The van der Waals surface area contributed by atoms with Crippen molar-refractivity contribution in [2.75, 3.05) is 29.0 Å². The predicted octanol–water partition coefficient (Wildman–Crippen LogP) is 3.28. The first-order chi connectivity index (χ1) is 13.2. The molecule has 0 aromatic heterocycles. The standard InChI is InChI=1S/C20H26N2O5S/c1-5-26-19-8-6-7-16(13-19)21-20(23)14-22(28(4,24)25)17-9-11-18(12-10-17)27-15(2)3/h6-13,15H,5,14H2,1-4H3,(H,21,23). The minimum Gasteiger partial charge on any atom is -0.494 e. The highest BCUT2D eigenvalue weighted by atomic mass is 32.2. The van der Waals surface area contributed by atoms with E-state index in [2.05, 4.69) is 5.32 Å². The van der Waals surface area contributed by atoms with Crippen molar-refractivity contribution in [1.82, 2.24) is 0 Å². The number of hydrogen-bond acceptors (Lipinski definition) is 5. The topological polar surface area (TPSA) is 84.9 Å². The van der Waals surface area contributed by atoms with E-state index >= 15 is 0 Å². The van der Waals surface area contributed by atoms with Crippen molar-refractivity contribution in [3.63, 3.8) is 0 Å².